The van der Waals surface area contributed by atoms with Crippen LogP contribution in [0.5, 0.6) is 17.4 Å². The van der Waals surface area contributed by atoms with Crippen LogP contribution in [0.3, 0.4) is 0 Å². The molecule has 0 amide bonds. The van der Waals surface area contributed by atoms with Crippen LogP contribution in [-0.4, -0.2) is 17.1 Å². The summed E-state index contributed by atoms with van der Waals surface area (Å²) in [7, 11) is 1.52. The quantitative estimate of drug-likeness (QED) is 0.224. The van der Waals surface area contributed by atoms with E-state index in [0.717, 1.165) is 30.0 Å². The first-order valence-corrected chi connectivity index (χ1v) is 11.3. The Morgan fingerprint density at radius 3 is 2.16 bits per heavy atom. The first-order chi connectivity index (χ1) is 17.9. The van der Waals surface area contributed by atoms with E-state index < -0.39 is 28.5 Å². The lowest BCUT2D eigenvalue weighted by Gasteiger charge is -2.14. The molecular formula is C26H19ClF6N2O3. The van der Waals surface area contributed by atoms with Crippen LogP contribution in [0.15, 0.2) is 67.0 Å². The Bertz CT molecular complexity index is 1400. The number of nitrogens with zero attached hydrogens (tertiary/aromatic N) is 1. The number of halogens is 7. The van der Waals surface area contributed by atoms with Crippen molar-refractivity contribution >= 4 is 11.6 Å². The highest BCUT2D eigenvalue weighted by molar-refractivity contribution is 6.31. The molecule has 0 aliphatic heterocycles. The predicted octanol–water partition coefficient (Wildman–Crippen LogP) is 7.93. The number of pyridine rings is 1. The Hall–Kier alpha value is -3.86. The zero-order valence-corrected chi connectivity index (χ0v) is 20.3. The third-order valence-corrected chi connectivity index (χ3v) is 5.75. The lowest BCUT2D eigenvalue weighted by Crippen LogP contribution is -2.07. The SMILES string of the molecule is COc1ccc(COc2cc(OCc3ccc(Cl)c(C(F)(F)F)c3)ncc2-c2cc(C(F)(F)F)c[nH]2)cc1. The molecule has 0 aliphatic carbocycles. The van der Waals surface area contributed by atoms with E-state index in [9.17, 15) is 26.3 Å². The van der Waals surface area contributed by atoms with E-state index in [0.29, 0.717) is 5.75 Å². The number of H-pyrrole nitrogens is 1. The van der Waals surface area contributed by atoms with E-state index in [1.54, 1.807) is 24.3 Å². The number of ether oxygens (including phenoxy) is 3. The van der Waals surface area contributed by atoms with Gasteiger partial charge in [-0.25, -0.2) is 4.98 Å². The Morgan fingerprint density at radius 2 is 1.53 bits per heavy atom. The molecular weight excluding hydrogens is 538 g/mol. The Morgan fingerprint density at radius 1 is 0.842 bits per heavy atom. The van der Waals surface area contributed by atoms with E-state index in [4.69, 9.17) is 25.8 Å². The van der Waals surface area contributed by atoms with Crippen molar-refractivity contribution in [1.29, 1.82) is 0 Å². The summed E-state index contributed by atoms with van der Waals surface area (Å²) in [5.74, 6) is 0.772. The molecule has 0 saturated carbocycles. The highest BCUT2D eigenvalue weighted by Crippen LogP contribution is 2.37. The summed E-state index contributed by atoms with van der Waals surface area (Å²) in [5, 5.41) is -0.442. The van der Waals surface area contributed by atoms with Crippen molar-refractivity contribution in [3.63, 3.8) is 0 Å². The number of aromatic amines is 1. The van der Waals surface area contributed by atoms with Gasteiger partial charge in [0, 0.05) is 18.5 Å². The molecule has 2 heterocycles. The summed E-state index contributed by atoms with van der Waals surface area (Å²) in [6, 6.07) is 12.6. The second kappa shape index (κ2) is 10.9. The summed E-state index contributed by atoms with van der Waals surface area (Å²) >= 11 is 5.66. The molecule has 0 aliphatic rings. The van der Waals surface area contributed by atoms with Gasteiger partial charge in [-0.1, -0.05) is 29.8 Å². The number of hydrogen-bond donors (Lipinski definition) is 1. The van der Waals surface area contributed by atoms with E-state index >= 15 is 0 Å². The molecule has 2 aromatic heterocycles. The zero-order valence-electron chi connectivity index (χ0n) is 19.6. The van der Waals surface area contributed by atoms with Crippen LogP contribution in [0.1, 0.15) is 22.3 Å². The molecule has 0 saturated heterocycles. The third kappa shape index (κ3) is 6.52. The average Bonchev–Trinajstić information content (AvgIpc) is 3.37. The summed E-state index contributed by atoms with van der Waals surface area (Å²) < 4.78 is 95.4. The first kappa shape index (κ1) is 27.2. The largest absolute Gasteiger partial charge is 0.497 e. The number of rotatable bonds is 8. The van der Waals surface area contributed by atoms with Crippen molar-refractivity contribution < 1.29 is 40.6 Å². The van der Waals surface area contributed by atoms with Crippen molar-refractivity contribution in [2.75, 3.05) is 7.11 Å². The second-order valence-corrected chi connectivity index (χ2v) is 8.46. The van der Waals surface area contributed by atoms with E-state index in [1.165, 1.54) is 25.4 Å². The van der Waals surface area contributed by atoms with Crippen LogP contribution >= 0.6 is 11.6 Å². The molecule has 4 rings (SSSR count). The van der Waals surface area contributed by atoms with Gasteiger partial charge < -0.3 is 19.2 Å². The number of nitrogens with one attached hydrogen (secondary N) is 1. The molecule has 12 heteroatoms. The summed E-state index contributed by atoms with van der Waals surface area (Å²) in [5.41, 5.74) is -0.607. The van der Waals surface area contributed by atoms with Gasteiger partial charge in [0.2, 0.25) is 5.88 Å². The van der Waals surface area contributed by atoms with Crippen molar-refractivity contribution in [1.82, 2.24) is 9.97 Å². The molecule has 4 aromatic rings. The number of benzene rings is 2. The second-order valence-electron chi connectivity index (χ2n) is 8.06. The molecule has 5 nitrogen and oxygen atoms in total. The summed E-state index contributed by atoms with van der Waals surface area (Å²) in [4.78, 5) is 6.67. The fourth-order valence-electron chi connectivity index (χ4n) is 3.45. The maximum absolute atomic E-state index is 13.2. The minimum atomic E-state index is -4.64. The van der Waals surface area contributed by atoms with Gasteiger partial charge in [-0.15, -0.1) is 0 Å². The van der Waals surface area contributed by atoms with Crippen LogP contribution in [-0.2, 0) is 25.6 Å². The smallest absolute Gasteiger partial charge is 0.417 e. The summed E-state index contributed by atoms with van der Waals surface area (Å²) in [6.07, 6.45) is -7.11. The third-order valence-electron chi connectivity index (χ3n) is 5.42. The highest BCUT2D eigenvalue weighted by Gasteiger charge is 2.33. The minimum absolute atomic E-state index is 0.00964. The van der Waals surface area contributed by atoms with Crippen LogP contribution in [0.4, 0.5) is 26.3 Å². The average molecular weight is 557 g/mol. The van der Waals surface area contributed by atoms with Gasteiger partial charge in [0.25, 0.3) is 0 Å². The lowest BCUT2D eigenvalue weighted by molar-refractivity contribution is -0.138. The minimum Gasteiger partial charge on any atom is -0.497 e. The fourth-order valence-corrected chi connectivity index (χ4v) is 3.68. The standard InChI is InChI=1S/C26H19ClF6N2O3/c1-36-18-5-2-15(3-6-18)13-37-23-10-24(35-12-19(23)22-9-17(11-34-22)25(28,29)30)38-14-16-4-7-21(27)20(8-16)26(31,32)33/h2-12,34H,13-14H2,1H3. The number of methoxy groups -OCH3 is 1. The van der Waals surface area contributed by atoms with Gasteiger partial charge >= 0.3 is 12.4 Å². The Balaban J connectivity index is 1.59. The van der Waals surface area contributed by atoms with Gasteiger partial charge in [-0.05, 0) is 41.5 Å². The monoisotopic (exact) mass is 556 g/mol. The Labute approximate surface area is 217 Å². The molecule has 0 radical (unpaired) electrons. The van der Waals surface area contributed by atoms with Crippen LogP contribution in [0.2, 0.25) is 5.02 Å². The van der Waals surface area contributed by atoms with Crippen LogP contribution < -0.4 is 14.2 Å². The molecule has 200 valence electrons. The topological polar surface area (TPSA) is 56.4 Å². The van der Waals surface area contributed by atoms with Crippen molar-refractivity contribution in [3.8, 4) is 28.6 Å². The van der Waals surface area contributed by atoms with Gasteiger partial charge in [-0.2, -0.15) is 26.3 Å². The molecule has 0 atom stereocenters. The van der Waals surface area contributed by atoms with Gasteiger partial charge in [0.05, 0.1) is 34.5 Å². The van der Waals surface area contributed by atoms with E-state index in [2.05, 4.69) is 9.97 Å². The normalized spacial score (nSPS) is 11.9. The van der Waals surface area contributed by atoms with Crippen molar-refractivity contribution in [3.05, 3.63) is 94.3 Å². The molecule has 1 N–H and O–H groups in total. The summed E-state index contributed by atoms with van der Waals surface area (Å²) in [6.45, 7) is -0.218. The fraction of sp³-hybridized carbons (Fsp3) is 0.192. The first-order valence-electron chi connectivity index (χ1n) is 10.9. The lowest BCUT2D eigenvalue weighted by atomic mass is 10.1. The van der Waals surface area contributed by atoms with Gasteiger partial charge in [0.1, 0.15) is 24.7 Å². The number of aromatic nitrogens is 2. The maximum Gasteiger partial charge on any atom is 0.417 e. The van der Waals surface area contributed by atoms with E-state index in [-0.39, 0.29) is 41.7 Å². The Kier molecular flexibility index (Phi) is 7.77. The van der Waals surface area contributed by atoms with Crippen molar-refractivity contribution in [2.24, 2.45) is 0 Å². The maximum atomic E-state index is 13.2. The molecule has 2 aromatic carbocycles. The molecule has 0 unspecified atom stereocenters. The molecule has 0 spiro atoms. The van der Waals surface area contributed by atoms with Gasteiger partial charge in [0.15, 0.2) is 0 Å². The molecule has 0 bridgehead atoms. The zero-order chi connectivity index (χ0) is 27.5. The van der Waals surface area contributed by atoms with Crippen LogP contribution in [0.25, 0.3) is 11.3 Å². The number of hydrogen-bond acceptors (Lipinski definition) is 4. The van der Waals surface area contributed by atoms with Crippen molar-refractivity contribution in [2.45, 2.75) is 25.6 Å². The predicted molar refractivity (Wildman–Crippen MR) is 127 cm³/mol. The number of alkyl halides is 6. The van der Waals surface area contributed by atoms with Gasteiger partial charge in [-0.3, -0.25) is 0 Å². The highest BCUT2D eigenvalue weighted by atomic mass is 35.5. The van der Waals surface area contributed by atoms with E-state index in [1.807, 2.05) is 0 Å². The molecule has 0 fully saturated rings. The van der Waals surface area contributed by atoms with Crippen LogP contribution in [0, 0.1) is 0 Å². The molecule has 38 heavy (non-hydrogen) atoms.